The maximum atomic E-state index is 12.1. The van der Waals surface area contributed by atoms with Crippen LogP contribution in [0.2, 0.25) is 0 Å². The Morgan fingerprint density at radius 2 is 2.05 bits per heavy atom. The van der Waals surface area contributed by atoms with Gasteiger partial charge in [0.25, 0.3) is 0 Å². The highest BCUT2D eigenvalue weighted by Gasteiger charge is 2.24. The minimum absolute atomic E-state index is 0.449. The van der Waals surface area contributed by atoms with Gasteiger partial charge in [-0.15, -0.1) is 0 Å². The van der Waals surface area contributed by atoms with Crippen molar-refractivity contribution in [1.29, 1.82) is 0 Å². The predicted molar refractivity (Wildman–Crippen MR) is 81.1 cm³/mol. The van der Waals surface area contributed by atoms with Crippen LogP contribution in [0.1, 0.15) is 26.3 Å². The molecule has 0 atom stereocenters. The van der Waals surface area contributed by atoms with Crippen LogP contribution in [-0.4, -0.2) is 23.9 Å². The Hall–Kier alpha value is -1.56. The summed E-state index contributed by atoms with van der Waals surface area (Å²) in [6, 6.07) is 3.76. The standard InChI is InChI=1S/C14H17BrN2O3/c1-8-6-9-11(7-10(8)15)20-16-12(9)17(5)13(18)19-14(2,3)4/h6-7H,1-5H3. The van der Waals surface area contributed by atoms with E-state index in [-0.39, 0.29) is 0 Å². The van der Waals surface area contributed by atoms with E-state index in [0.717, 1.165) is 15.4 Å². The zero-order chi connectivity index (χ0) is 15.1. The minimum Gasteiger partial charge on any atom is -0.443 e. The van der Waals surface area contributed by atoms with Gasteiger partial charge < -0.3 is 9.26 Å². The number of aryl methyl sites for hydroxylation is 1. The Morgan fingerprint density at radius 1 is 1.40 bits per heavy atom. The zero-order valence-corrected chi connectivity index (χ0v) is 13.7. The molecule has 0 fully saturated rings. The van der Waals surface area contributed by atoms with Crippen LogP contribution in [0.3, 0.4) is 0 Å². The van der Waals surface area contributed by atoms with Crippen LogP contribution in [0.15, 0.2) is 21.1 Å². The Morgan fingerprint density at radius 3 is 2.65 bits per heavy atom. The van der Waals surface area contributed by atoms with E-state index in [1.54, 1.807) is 7.05 Å². The largest absolute Gasteiger partial charge is 0.443 e. The van der Waals surface area contributed by atoms with Gasteiger partial charge in [0.05, 0.1) is 5.39 Å². The van der Waals surface area contributed by atoms with Crippen LogP contribution in [-0.2, 0) is 4.74 Å². The third kappa shape index (κ3) is 2.95. The molecule has 2 aromatic rings. The number of amides is 1. The molecule has 20 heavy (non-hydrogen) atoms. The number of rotatable bonds is 1. The molecule has 0 saturated heterocycles. The number of hydrogen-bond acceptors (Lipinski definition) is 4. The summed E-state index contributed by atoms with van der Waals surface area (Å²) < 4.78 is 11.5. The molecule has 0 bridgehead atoms. The van der Waals surface area contributed by atoms with Crippen molar-refractivity contribution in [2.24, 2.45) is 0 Å². The summed E-state index contributed by atoms with van der Waals surface area (Å²) in [7, 11) is 1.61. The van der Waals surface area contributed by atoms with Crippen molar-refractivity contribution >= 4 is 38.8 Å². The van der Waals surface area contributed by atoms with Crippen molar-refractivity contribution in [3.63, 3.8) is 0 Å². The molecule has 5 nitrogen and oxygen atoms in total. The smallest absolute Gasteiger partial charge is 0.415 e. The SMILES string of the molecule is Cc1cc2c(N(C)C(=O)OC(C)(C)C)noc2cc1Br. The highest BCUT2D eigenvalue weighted by atomic mass is 79.9. The summed E-state index contributed by atoms with van der Waals surface area (Å²) in [5.74, 6) is 0.449. The van der Waals surface area contributed by atoms with Gasteiger partial charge in [-0.2, -0.15) is 0 Å². The number of fused-ring (bicyclic) bond motifs is 1. The van der Waals surface area contributed by atoms with Gasteiger partial charge in [0.1, 0.15) is 5.60 Å². The van der Waals surface area contributed by atoms with Crippen LogP contribution in [0.4, 0.5) is 10.6 Å². The molecule has 0 radical (unpaired) electrons. The fourth-order valence-corrected chi connectivity index (χ4v) is 2.04. The van der Waals surface area contributed by atoms with Crippen molar-refractivity contribution < 1.29 is 14.1 Å². The third-order valence-corrected chi connectivity index (χ3v) is 3.57. The quantitative estimate of drug-likeness (QED) is 0.777. The number of anilines is 1. The first-order valence-electron chi connectivity index (χ1n) is 6.21. The van der Waals surface area contributed by atoms with Crippen LogP contribution in [0.5, 0.6) is 0 Å². The molecule has 1 aromatic carbocycles. The van der Waals surface area contributed by atoms with E-state index in [1.807, 2.05) is 39.8 Å². The maximum Gasteiger partial charge on any atom is 0.415 e. The van der Waals surface area contributed by atoms with Crippen molar-refractivity contribution in [1.82, 2.24) is 5.16 Å². The van der Waals surface area contributed by atoms with Gasteiger partial charge in [-0.25, -0.2) is 4.79 Å². The summed E-state index contributed by atoms with van der Waals surface area (Å²) in [5, 5.41) is 4.73. The van der Waals surface area contributed by atoms with E-state index in [2.05, 4.69) is 21.1 Å². The number of nitrogens with zero attached hydrogens (tertiary/aromatic N) is 2. The number of carbonyl (C=O) groups excluding carboxylic acids is 1. The molecule has 0 N–H and O–H groups in total. The number of aromatic nitrogens is 1. The van der Waals surface area contributed by atoms with Crippen molar-refractivity contribution in [2.45, 2.75) is 33.3 Å². The molecule has 0 aliphatic heterocycles. The molecule has 1 aromatic heterocycles. The molecule has 1 amide bonds. The van der Waals surface area contributed by atoms with E-state index in [1.165, 1.54) is 4.90 Å². The highest BCUT2D eigenvalue weighted by molar-refractivity contribution is 9.10. The summed E-state index contributed by atoms with van der Waals surface area (Å²) >= 11 is 3.44. The first-order chi connectivity index (χ1) is 9.19. The van der Waals surface area contributed by atoms with Crippen LogP contribution < -0.4 is 4.90 Å². The van der Waals surface area contributed by atoms with E-state index in [4.69, 9.17) is 9.26 Å². The molecule has 1 heterocycles. The van der Waals surface area contributed by atoms with Gasteiger partial charge in [0, 0.05) is 11.5 Å². The van der Waals surface area contributed by atoms with Crippen LogP contribution in [0.25, 0.3) is 11.0 Å². The van der Waals surface area contributed by atoms with E-state index >= 15 is 0 Å². The van der Waals surface area contributed by atoms with Crippen LogP contribution in [0, 0.1) is 6.92 Å². The number of hydrogen-bond donors (Lipinski definition) is 0. The van der Waals surface area contributed by atoms with Gasteiger partial charge in [-0.05, 0) is 45.4 Å². The van der Waals surface area contributed by atoms with Gasteiger partial charge in [0.15, 0.2) is 11.4 Å². The van der Waals surface area contributed by atoms with Crippen LogP contribution >= 0.6 is 15.9 Å². The molecular formula is C14H17BrN2O3. The van der Waals surface area contributed by atoms with E-state index in [9.17, 15) is 4.79 Å². The summed E-state index contributed by atoms with van der Waals surface area (Å²) in [6.45, 7) is 7.43. The Kier molecular flexibility index (Phi) is 3.77. The normalized spacial score (nSPS) is 11.7. The van der Waals surface area contributed by atoms with Gasteiger partial charge >= 0.3 is 6.09 Å². The summed E-state index contributed by atoms with van der Waals surface area (Å²) in [5.41, 5.74) is 1.11. The predicted octanol–water partition coefficient (Wildman–Crippen LogP) is 4.27. The Labute approximate surface area is 126 Å². The zero-order valence-electron chi connectivity index (χ0n) is 12.2. The average Bonchev–Trinajstić information content (AvgIpc) is 2.69. The molecule has 0 unspecified atom stereocenters. The summed E-state index contributed by atoms with van der Waals surface area (Å²) in [4.78, 5) is 13.4. The average molecular weight is 341 g/mol. The molecule has 0 saturated carbocycles. The molecule has 0 spiro atoms. The van der Waals surface area contributed by atoms with Gasteiger partial charge in [-0.1, -0.05) is 21.1 Å². The van der Waals surface area contributed by atoms with Gasteiger partial charge in [-0.3, -0.25) is 4.90 Å². The number of benzene rings is 1. The number of carbonyl (C=O) groups is 1. The molecule has 2 rings (SSSR count). The molecule has 0 aliphatic carbocycles. The fourth-order valence-electron chi connectivity index (χ4n) is 1.71. The van der Waals surface area contributed by atoms with Crippen molar-refractivity contribution in [3.8, 4) is 0 Å². The second-order valence-corrected chi connectivity index (χ2v) is 6.50. The molecular weight excluding hydrogens is 324 g/mol. The Balaban J connectivity index is 2.38. The lowest BCUT2D eigenvalue weighted by molar-refractivity contribution is 0.0587. The lowest BCUT2D eigenvalue weighted by atomic mass is 10.2. The first-order valence-corrected chi connectivity index (χ1v) is 7.00. The second kappa shape index (κ2) is 5.09. The van der Waals surface area contributed by atoms with Gasteiger partial charge in [0.2, 0.25) is 0 Å². The van der Waals surface area contributed by atoms with Crippen molar-refractivity contribution in [3.05, 3.63) is 22.2 Å². The Bertz CT molecular complexity index is 658. The number of ether oxygens (including phenoxy) is 1. The maximum absolute atomic E-state index is 12.1. The second-order valence-electron chi connectivity index (χ2n) is 5.64. The van der Waals surface area contributed by atoms with E-state index in [0.29, 0.717) is 11.4 Å². The molecule has 108 valence electrons. The minimum atomic E-state index is -0.552. The molecule has 0 aliphatic rings. The third-order valence-electron chi connectivity index (χ3n) is 2.72. The topological polar surface area (TPSA) is 55.6 Å². The summed E-state index contributed by atoms with van der Waals surface area (Å²) in [6.07, 6.45) is -0.465. The van der Waals surface area contributed by atoms with E-state index < -0.39 is 11.7 Å². The van der Waals surface area contributed by atoms with Crippen molar-refractivity contribution in [2.75, 3.05) is 11.9 Å². The lowest BCUT2D eigenvalue weighted by Crippen LogP contribution is -2.34. The molecule has 6 heteroatoms. The first kappa shape index (κ1) is 14.8. The number of halogens is 1. The monoisotopic (exact) mass is 340 g/mol. The fraction of sp³-hybridized carbons (Fsp3) is 0.429. The lowest BCUT2D eigenvalue weighted by Gasteiger charge is -2.23. The highest BCUT2D eigenvalue weighted by Crippen LogP contribution is 2.31.